The van der Waals surface area contributed by atoms with Gasteiger partial charge in [0, 0.05) is 29.9 Å². The van der Waals surface area contributed by atoms with Gasteiger partial charge in [-0.3, -0.25) is 24.3 Å². The number of rotatable bonds is 8. The maximum atomic E-state index is 13.2. The van der Waals surface area contributed by atoms with Crippen molar-refractivity contribution in [3.8, 4) is 5.69 Å². The van der Waals surface area contributed by atoms with Crippen LogP contribution in [0.3, 0.4) is 0 Å². The van der Waals surface area contributed by atoms with Crippen LogP contribution in [0.4, 0.5) is 5.69 Å². The lowest BCUT2D eigenvalue weighted by Crippen LogP contribution is -2.21. The van der Waals surface area contributed by atoms with Gasteiger partial charge in [-0.15, -0.1) is 0 Å². The number of carbonyl (C=O) groups excluding carboxylic acids is 1. The first-order valence-corrected chi connectivity index (χ1v) is 11.0. The molecule has 32 heavy (non-hydrogen) atoms. The van der Waals surface area contributed by atoms with Gasteiger partial charge in [-0.25, -0.2) is 4.98 Å². The van der Waals surface area contributed by atoms with E-state index >= 15 is 0 Å². The highest BCUT2D eigenvalue weighted by Gasteiger charge is 2.15. The van der Waals surface area contributed by atoms with E-state index in [9.17, 15) is 19.7 Å². The average molecular weight is 446 g/mol. The summed E-state index contributed by atoms with van der Waals surface area (Å²) in [5, 5.41) is 11.9. The molecule has 3 aromatic carbocycles. The molecule has 0 atom stereocenters. The van der Waals surface area contributed by atoms with Crippen LogP contribution in [0.5, 0.6) is 0 Å². The zero-order valence-electron chi connectivity index (χ0n) is 17.0. The molecule has 4 aromatic rings. The van der Waals surface area contributed by atoms with Crippen LogP contribution in [-0.4, -0.2) is 26.0 Å². The highest BCUT2D eigenvalue weighted by molar-refractivity contribution is 7.99. The van der Waals surface area contributed by atoms with Gasteiger partial charge in [-0.2, -0.15) is 0 Å². The number of aromatic nitrogens is 2. The summed E-state index contributed by atoms with van der Waals surface area (Å²) >= 11 is 1.38. The van der Waals surface area contributed by atoms with Crippen LogP contribution in [0.15, 0.2) is 88.8 Å². The summed E-state index contributed by atoms with van der Waals surface area (Å²) in [5.41, 5.74) is 1.47. The molecular formula is C24H19N3O4S. The molecule has 0 aliphatic carbocycles. The highest BCUT2D eigenvalue weighted by Crippen LogP contribution is 2.24. The molecule has 0 saturated heterocycles. The number of Topliss-reactive ketones (excluding diaryl/α,β-unsaturated/α-hetero) is 1. The summed E-state index contributed by atoms with van der Waals surface area (Å²) in [6, 6.07) is 22.0. The van der Waals surface area contributed by atoms with Crippen molar-refractivity contribution in [3.63, 3.8) is 0 Å². The van der Waals surface area contributed by atoms with Gasteiger partial charge in [-0.05, 0) is 30.7 Å². The van der Waals surface area contributed by atoms with Gasteiger partial charge in [0.1, 0.15) is 0 Å². The van der Waals surface area contributed by atoms with Gasteiger partial charge in [0.25, 0.3) is 11.2 Å². The number of benzene rings is 3. The van der Waals surface area contributed by atoms with E-state index in [1.165, 1.54) is 28.5 Å². The first-order valence-electron chi connectivity index (χ1n) is 10.0. The number of para-hydroxylation sites is 1. The maximum Gasteiger partial charge on any atom is 0.269 e. The van der Waals surface area contributed by atoms with E-state index in [1.54, 1.807) is 42.5 Å². The van der Waals surface area contributed by atoms with E-state index < -0.39 is 4.92 Å². The third kappa shape index (κ3) is 4.60. The fourth-order valence-electron chi connectivity index (χ4n) is 3.32. The highest BCUT2D eigenvalue weighted by atomic mass is 32.2. The molecule has 0 N–H and O–H groups in total. The fraction of sp³-hybridized carbons (Fsp3) is 0.125. The summed E-state index contributed by atoms with van der Waals surface area (Å²) < 4.78 is 1.47. The monoisotopic (exact) mass is 445 g/mol. The Morgan fingerprint density at radius 3 is 2.38 bits per heavy atom. The number of hydrogen-bond donors (Lipinski definition) is 0. The van der Waals surface area contributed by atoms with Crippen molar-refractivity contribution in [2.75, 3.05) is 5.75 Å². The molecule has 0 saturated carbocycles. The number of non-ortho nitro benzene ring substituents is 1. The Balaban J connectivity index is 1.60. The predicted octanol–water partition coefficient (Wildman–Crippen LogP) is 5.05. The third-order valence-corrected chi connectivity index (χ3v) is 5.96. The van der Waals surface area contributed by atoms with E-state index in [0.29, 0.717) is 45.9 Å². The van der Waals surface area contributed by atoms with Crippen molar-refractivity contribution >= 4 is 34.1 Å². The molecule has 0 aliphatic rings. The Morgan fingerprint density at radius 1 is 0.969 bits per heavy atom. The molecule has 0 bridgehead atoms. The average Bonchev–Trinajstić information content (AvgIpc) is 2.82. The quantitative estimate of drug-likeness (QED) is 0.0941. The smallest absolute Gasteiger partial charge is 0.269 e. The number of thioether (sulfide) groups is 1. The van der Waals surface area contributed by atoms with E-state index in [0.717, 1.165) is 0 Å². The van der Waals surface area contributed by atoms with Crippen LogP contribution in [-0.2, 0) is 0 Å². The van der Waals surface area contributed by atoms with Gasteiger partial charge in [0.15, 0.2) is 10.9 Å². The number of nitrogens with zero attached hydrogens (tertiary/aromatic N) is 3. The standard InChI is InChI=1S/C24H19N3O4S/c28-22(17-7-2-1-3-8-17)11-6-16-32-24-25-21-10-5-4-9-20(21)23(29)26(24)18-12-14-19(15-13-18)27(30)31/h1-5,7-10,12-15H,6,11,16H2. The summed E-state index contributed by atoms with van der Waals surface area (Å²) in [6.45, 7) is 0. The van der Waals surface area contributed by atoms with Crippen molar-refractivity contribution < 1.29 is 9.72 Å². The normalized spacial score (nSPS) is 10.9. The van der Waals surface area contributed by atoms with Crippen LogP contribution in [0.1, 0.15) is 23.2 Å². The van der Waals surface area contributed by atoms with Crippen LogP contribution < -0.4 is 5.56 Å². The van der Waals surface area contributed by atoms with Gasteiger partial charge < -0.3 is 0 Å². The van der Waals surface area contributed by atoms with Gasteiger partial charge in [-0.1, -0.05) is 54.2 Å². The van der Waals surface area contributed by atoms with Crippen LogP contribution >= 0.6 is 11.8 Å². The molecule has 0 radical (unpaired) electrons. The largest absolute Gasteiger partial charge is 0.294 e. The second kappa shape index (κ2) is 9.57. The number of nitro groups is 1. The maximum absolute atomic E-state index is 13.2. The van der Waals surface area contributed by atoms with Gasteiger partial charge in [0.05, 0.1) is 21.5 Å². The molecule has 4 rings (SSSR count). The molecule has 1 aromatic heterocycles. The molecule has 0 spiro atoms. The molecule has 0 amide bonds. The first-order chi connectivity index (χ1) is 15.5. The zero-order valence-corrected chi connectivity index (χ0v) is 17.8. The zero-order chi connectivity index (χ0) is 22.5. The summed E-state index contributed by atoms with van der Waals surface area (Å²) in [6.07, 6.45) is 1.02. The van der Waals surface area contributed by atoms with Crippen LogP contribution in [0.25, 0.3) is 16.6 Å². The number of fused-ring (bicyclic) bond motifs is 1. The molecule has 1 heterocycles. The minimum Gasteiger partial charge on any atom is -0.294 e. The summed E-state index contributed by atoms with van der Waals surface area (Å²) in [5.74, 6) is 0.668. The van der Waals surface area contributed by atoms with E-state index in [2.05, 4.69) is 4.98 Å². The van der Waals surface area contributed by atoms with E-state index in [1.807, 2.05) is 24.3 Å². The Bertz CT molecular complexity index is 1340. The lowest BCUT2D eigenvalue weighted by atomic mass is 10.1. The molecule has 160 valence electrons. The van der Waals surface area contributed by atoms with Crippen molar-refractivity contribution in [3.05, 3.63) is 105 Å². The fourth-order valence-corrected chi connectivity index (χ4v) is 4.28. The van der Waals surface area contributed by atoms with Gasteiger partial charge >= 0.3 is 0 Å². The molecule has 0 unspecified atom stereocenters. The number of hydrogen-bond acceptors (Lipinski definition) is 6. The van der Waals surface area contributed by atoms with Crippen molar-refractivity contribution in [2.24, 2.45) is 0 Å². The van der Waals surface area contributed by atoms with Gasteiger partial charge in [0.2, 0.25) is 0 Å². The lowest BCUT2D eigenvalue weighted by Gasteiger charge is -2.13. The molecule has 0 aliphatic heterocycles. The van der Waals surface area contributed by atoms with Crippen molar-refractivity contribution in [2.45, 2.75) is 18.0 Å². The third-order valence-electron chi connectivity index (χ3n) is 4.94. The Morgan fingerprint density at radius 2 is 1.66 bits per heavy atom. The SMILES string of the molecule is O=C(CCCSc1nc2ccccc2c(=O)n1-c1ccc([N+](=O)[O-])cc1)c1ccccc1. The number of ketones is 1. The molecular weight excluding hydrogens is 426 g/mol. The number of nitro benzene ring substituents is 1. The summed E-state index contributed by atoms with van der Waals surface area (Å²) in [4.78, 5) is 40.7. The Hall–Kier alpha value is -3.78. The molecule has 0 fully saturated rings. The Labute approximate surface area is 187 Å². The van der Waals surface area contributed by atoms with Crippen molar-refractivity contribution in [1.29, 1.82) is 0 Å². The Kier molecular flexibility index (Phi) is 6.42. The second-order valence-electron chi connectivity index (χ2n) is 7.07. The van der Waals surface area contributed by atoms with Crippen LogP contribution in [0, 0.1) is 10.1 Å². The predicted molar refractivity (Wildman–Crippen MR) is 125 cm³/mol. The second-order valence-corrected chi connectivity index (χ2v) is 8.13. The van der Waals surface area contributed by atoms with Crippen molar-refractivity contribution in [1.82, 2.24) is 9.55 Å². The minimum absolute atomic E-state index is 0.0517. The first kappa shape index (κ1) is 21.5. The summed E-state index contributed by atoms with van der Waals surface area (Å²) in [7, 11) is 0. The topological polar surface area (TPSA) is 95.1 Å². The lowest BCUT2D eigenvalue weighted by molar-refractivity contribution is -0.384. The number of carbonyl (C=O) groups is 1. The molecule has 8 heteroatoms. The van der Waals surface area contributed by atoms with E-state index in [4.69, 9.17) is 0 Å². The van der Waals surface area contributed by atoms with E-state index in [-0.39, 0.29) is 17.0 Å². The molecule has 7 nitrogen and oxygen atoms in total. The minimum atomic E-state index is -0.482. The van der Waals surface area contributed by atoms with Crippen LogP contribution in [0.2, 0.25) is 0 Å².